The number of nitrogens with one attached hydrogen (secondary N) is 1. The molecule has 2 heterocycles. The smallest absolute Gasteiger partial charge is 0.167 e. The van der Waals surface area contributed by atoms with Crippen molar-refractivity contribution >= 4 is 11.5 Å². The predicted molar refractivity (Wildman–Crippen MR) is 60.0 cm³/mol. The number of carbonyl (C=O) groups is 1. The van der Waals surface area contributed by atoms with Crippen LogP contribution in [0.1, 0.15) is 5.56 Å². The van der Waals surface area contributed by atoms with Gasteiger partial charge in [0.1, 0.15) is 6.10 Å². The number of ketones is 1. The Morgan fingerprint density at radius 3 is 3.25 bits per heavy atom. The minimum Gasteiger partial charge on any atom is -0.398 e. The van der Waals surface area contributed by atoms with Gasteiger partial charge in [-0.25, -0.2) is 0 Å². The number of Topliss-reactive ketones (excluding diaryl/α,β-unsaturated/α-hetero) is 1. The summed E-state index contributed by atoms with van der Waals surface area (Å²) in [5.74, 6) is 0.0481. The van der Waals surface area contributed by atoms with Gasteiger partial charge in [0.15, 0.2) is 5.78 Å². The number of hydrogen-bond acceptors (Lipinski definition) is 5. The minimum atomic E-state index is -0.353. The quantitative estimate of drug-likeness (QED) is 0.737. The number of rotatable bonds is 3. The van der Waals surface area contributed by atoms with E-state index in [9.17, 15) is 4.79 Å². The van der Waals surface area contributed by atoms with Crippen molar-refractivity contribution < 1.29 is 9.53 Å². The molecule has 0 spiro atoms. The lowest BCUT2D eigenvalue weighted by atomic mass is 10.1. The summed E-state index contributed by atoms with van der Waals surface area (Å²) in [5, 5.41) is 3.12. The summed E-state index contributed by atoms with van der Waals surface area (Å²) in [6, 6.07) is 1.70. The second-order valence-electron chi connectivity index (χ2n) is 3.78. The summed E-state index contributed by atoms with van der Waals surface area (Å²) < 4.78 is 5.38. The van der Waals surface area contributed by atoms with E-state index in [1.807, 2.05) is 0 Å². The van der Waals surface area contributed by atoms with Gasteiger partial charge in [-0.05, 0) is 6.07 Å². The fourth-order valence-electron chi connectivity index (χ4n) is 1.66. The molecule has 16 heavy (non-hydrogen) atoms. The van der Waals surface area contributed by atoms with E-state index in [2.05, 4.69) is 10.3 Å². The predicted octanol–water partition coefficient (Wildman–Crippen LogP) is -0.236. The SMILES string of the molecule is Nc1ccncc1CC(=O)C1CNCCO1. The first-order valence-electron chi connectivity index (χ1n) is 5.31. The Kier molecular flexibility index (Phi) is 3.48. The summed E-state index contributed by atoms with van der Waals surface area (Å²) >= 11 is 0. The van der Waals surface area contributed by atoms with Gasteiger partial charge >= 0.3 is 0 Å². The van der Waals surface area contributed by atoms with Crippen LogP contribution in [0.4, 0.5) is 5.69 Å². The summed E-state index contributed by atoms with van der Waals surface area (Å²) in [6.07, 6.45) is 3.17. The van der Waals surface area contributed by atoms with Gasteiger partial charge in [0.05, 0.1) is 6.61 Å². The average Bonchev–Trinajstić information content (AvgIpc) is 2.33. The van der Waals surface area contributed by atoms with Crippen molar-refractivity contribution in [1.82, 2.24) is 10.3 Å². The molecule has 0 aliphatic carbocycles. The molecule has 5 heteroatoms. The number of morpholine rings is 1. The number of carbonyl (C=O) groups excluding carboxylic acids is 1. The second-order valence-corrected chi connectivity index (χ2v) is 3.78. The van der Waals surface area contributed by atoms with Crippen LogP contribution in [0.25, 0.3) is 0 Å². The van der Waals surface area contributed by atoms with Crippen molar-refractivity contribution in [3.05, 3.63) is 24.0 Å². The van der Waals surface area contributed by atoms with Crippen molar-refractivity contribution in [2.75, 3.05) is 25.4 Å². The third-order valence-corrected chi connectivity index (χ3v) is 2.59. The van der Waals surface area contributed by atoms with E-state index in [4.69, 9.17) is 10.5 Å². The number of ether oxygens (including phenoxy) is 1. The molecule has 0 amide bonds. The first-order valence-corrected chi connectivity index (χ1v) is 5.31. The molecule has 0 aromatic carbocycles. The van der Waals surface area contributed by atoms with Gasteiger partial charge in [0.25, 0.3) is 0 Å². The molecule has 0 saturated carbocycles. The van der Waals surface area contributed by atoms with Crippen LogP contribution in [0.15, 0.2) is 18.5 Å². The zero-order valence-corrected chi connectivity index (χ0v) is 8.98. The molecule has 1 aliphatic heterocycles. The maximum Gasteiger partial charge on any atom is 0.167 e. The summed E-state index contributed by atoms with van der Waals surface area (Å²) in [6.45, 7) is 1.97. The van der Waals surface area contributed by atoms with Gasteiger partial charge in [0, 0.05) is 43.2 Å². The molecular formula is C11H15N3O2. The molecule has 1 aromatic heterocycles. The molecule has 2 rings (SSSR count). The minimum absolute atomic E-state index is 0.0481. The maximum atomic E-state index is 11.9. The normalized spacial score (nSPS) is 20.6. The molecular weight excluding hydrogens is 206 g/mol. The largest absolute Gasteiger partial charge is 0.398 e. The second kappa shape index (κ2) is 5.05. The van der Waals surface area contributed by atoms with Crippen LogP contribution in [0, 0.1) is 0 Å². The molecule has 1 unspecified atom stereocenters. The number of nitrogens with zero attached hydrogens (tertiary/aromatic N) is 1. The van der Waals surface area contributed by atoms with E-state index in [1.54, 1.807) is 18.5 Å². The summed E-state index contributed by atoms with van der Waals surface area (Å²) in [4.78, 5) is 15.8. The first-order chi connectivity index (χ1) is 7.77. The van der Waals surface area contributed by atoms with Crippen LogP contribution in [0.5, 0.6) is 0 Å². The topological polar surface area (TPSA) is 77.2 Å². The Hall–Kier alpha value is -1.46. The summed E-state index contributed by atoms with van der Waals surface area (Å²) in [5.41, 5.74) is 7.12. The molecule has 1 fully saturated rings. The van der Waals surface area contributed by atoms with Gasteiger partial charge in [-0.15, -0.1) is 0 Å². The van der Waals surface area contributed by atoms with Gasteiger partial charge in [0.2, 0.25) is 0 Å². The number of nitrogens with two attached hydrogens (primary N) is 1. The number of hydrogen-bond donors (Lipinski definition) is 2. The van der Waals surface area contributed by atoms with Crippen LogP contribution in [0.3, 0.4) is 0 Å². The fourth-order valence-corrected chi connectivity index (χ4v) is 1.66. The van der Waals surface area contributed by atoms with Crippen LogP contribution in [-0.2, 0) is 16.0 Å². The Morgan fingerprint density at radius 1 is 1.69 bits per heavy atom. The van der Waals surface area contributed by atoms with E-state index in [0.717, 1.165) is 12.1 Å². The maximum absolute atomic E-state index is 11.9. The van der Waals surface area contributed by atoms with E-state index in [1.165, 1.54) is 0 Å². The molecule has 0 bridgehead atoms. The lowest BCUT2D eigenvalue weighted by molar-refractivity contribution is -0.131. The highest BCUT2D eigenvalue weighted by Gasteiger charge is 2.22. The molecule has 5 nitrogen and oxygen atoms in total. The molecule has 1 saturated heterocycles. The van der Waals surface area contributed by atoms with E-state index in [0.29, 0.717) is 18.8 Å². The Bertz CT molecular complexity index is 375. The van der Waals surface area contributed by atoms with Gasteiger partial charge in [-0.2, -0.15) is 0 Å². The Morgan fingerprint density at radius 2 is 2.56 bits per heavy atom. The lowest BCUT2D eigenvalue weighted by Crippen LogP contribution is -2.43. The highest BCUT2D eigenvalue weighted by atomic mass is 16.5. The number of nitrogen functional groups attached to an aromatic ring is 1. The Labute approximate surface area is 94.0 Å². The lowest BCUT2D eigenvalue weighted by Gasteiger charge is -2.22. The highest BCUT2D eigenvalue weighted by Crippen LogP contribution is 2.11. The van der Waals surface area contributed by atoms with Crippen molar-refractivity contribution in [2.45, 2.75) is 12.5 Å². The van der Waals surface area contributed by atoms with Crippen LogP contribution in [-0.4, -0.2) is 36.6 Å². The number of anilines is 1. The number of pyridine rings is 1. The van der Waals surface area contributed by atoms with Gasteiger partial charge < -0.3 is 15.8 Å². The van der Waals surface area contributed by atoms with Gasteiger partial charge in [-0.1, -0.05) is 0 Å². The van der Waals surface area contributed by atoms with Crippen molar-refractivity contribution in [1.29, 1.82) is 0 Å². The molecule has 1 atom stereocenters. The van der Waals surface area contributed by atoms with E-state index in [-0.39, 0.29) is 18.3 Å². The van der Waals surface area contributed by atoms with Crippen molar-refractivity contribution in [3.63, 3.8) is 0 Å². The van der Waals surface area contributed by atoms with Crippen LogP contribution < -0.4 is 11.1 Å². The highest BCUT2D eigenvalue weighted by molar-refractivity contribution is 5.86. The fraction of sp³-hybridized carbons (Fsp3) is 0.455. The van der Waals surface area contributed by atoms with E-state index < -0.39 is 0 Å². The molecule has 3 N–H and O–H groups in total. The first kappa shape index (κ1) is 11.0. The van der Waals surface area contributed by atoms with Crippen molar-refractivity contribution in [2.24, 2.45) is 0 Å². The van der Waals surface area contributed by atoms with Crippen LogP contribution in [0.2, 0.25) is 0 Å². The molecule has 1 aromatic rings. The molecule has 0 radical (unpaired) electrons. The van der Waals surface area contributed by atoms with Crippen molar-refractivity contribution in [3.8, 4) is 0 Å². The Balaban J connectivity index is 1.99. The zero-order chi connectivity index (χ0) is 11.4. The monoisotopic (exact) mass is 221 g/mol. The third-order valence-electron chi connectivity index (χ3n) is 2.59. The summed E-state index contributed by atoms with van der Waals surface area (Å²) in [7, 11) is 0. The number of aromatic nitrogens is 1. The standard InChI is InChI=1S/C11H15N3O2/c12-9-1-2-13-6-8(9)5-10(15)11-7-14-3-4-16-11/h1-2,6,11,14H,3-5,7H2,(H2,12,13). The van der Waals surface area contributed by atoms with Gasteiger partial charge in [-0.3, -0.25) is 9.78 Å². The van der Waals surface area contributed by atoms with Crippen LogP contribution >= 0.6 is 0 Å². The van der Waals surface area contributed by atoms with E-state index >= 15 is 0 Å². The molecule has 1 aliphatic rings. The molecule has 86 valence electrons. The third kappa shape index (κ3) is 2.56. The average molecular weight is 221 g/mol. The zero-order valence-electron chi connectivity index (χ0n) is 8.98.